The van der Waals surface area contributed by atoms with Crippen LogP contribution in [0, 0.1) is 5.92 Å². The number of nitrogens with one attached hydrogen (secondary N) is 1. The maximum atomic E-state index is 12.6. The second-order valence-corrected chi connectivity index (χ2v) is 11.4. The van der Waals surface area contributed by atoms with Crippen molar-refractivity contribution in [1.29, 1.82) is 0 Å². The number of carbonyl (C=O) groups is 1. The number of hydrogen-bond acceptors (Lipinski definition) is 5. The minimum Gasteiger partial charge on any atom is -0.372 e. The normalized spacial score (nSPS) is 21.5. The molecule has 3 aliphatic rings. The van der Waals surface area contributed by atoms with Crippen LogP contribution in [0.2, 0.25) is 0 Å². The van der Waals surface area contributed by atoms with Crippen LogP contribution in [0.1, 0.15) is 51.4 Å². The summed E-state index contributed by atoms with van der Waals surface area (Å²) >= 11 is 0. The number of piperazine rings is 1. The van der Waals surface area contributed by atoms with Gasteiger partial charge >= 0.3 is 0 Å². The summed E-state index contributed by atoms with van der Waals surface area (Å²) in [5, 5.41) is 0. The molecular weight excluding hydrogens is 424 g/mol. The predicted molar refractivity (Wildman–Crippen MR) is 130 cm³/mol. The maximum Gasteiger partial charge on any atom is 0.241 e. The Balaban J connectivity index is 1.23. The van der Waals surface area contributed by atoms with E-state index in [-0.39, 0.29) is 5.91 Å². The van der Waals surface area contributed by atoms with Crippen LogP contribution in [0.4, 0.5) is 11.4 Å². The molecule has 0 radical (unpaired) electrons. The van der Waals surface area contributed by atoms with Gasteiger partial charge in [0.2, 0.25) is 15.9 Å². The average molecular weight is 463 g/mol. The smallest absolute Gasteiger partial charge is 0.241 e. The van der Waals surface area contributed by atoms with Crippen LogP contribution in [0.5, 0.6) is 0 Å². The van der Waals surface area contributed by atoms with Crippen LogP contribution in [0.3, 0.4) is 0 Å². The van der Waals surface area contributed by atoms with Crippen molar-refractivity contribution >= 4 is 27.3 Å². The van der Waals surface area contributed by atoms with Gasteiger partial charge in [0.05, 0.1) is 0 Å². The third-order valence-electron chi connectivity index (χ3n) is 7.14. The Morgan fingerprint density at radius 3 is 2.12 bits per heavy atom. The molecule has 0 unspecified atom stereocenters. The second kappa shape index (κ2) is 10.9. The Morgan fingerprint density at radius 1 is 0.844 bits per heavy atom. The molecule has 8 heteroatoms. The fraction of sp³-hybridized carbons (Fsp3) is 0.708. The van der Waals surface area contributed by atoms with Crippen molar-refractivity contribution in [2.24, 2.45) is 5.92 Å². The van der Waals surface area contributed by atoms with Crippen molar-refractivity contribution in [1.82, 2.24) is 9.80 Å². The molecule has 178 valence electrons. The van der Waals surface area contributed by atoms with Crippen LogP contribution >= 0.6 is 0 Å². The molecule has 1 saturated carbocycles. The highest BCUT2D eigenvalue weighted by molar-refractivity contribution is 7.93. The SMILES string of the molecule is O=C(CS(=O)(=O)Nc1ccc(N2CCCCC2)cc1)N1CCN(CC2CCCCC2)CC1. The first-order valence-electron chi connectivity index (χ1n) is 12.3. The molecule has 1 amide bonds. The molecule has 0 spiro atoms. The van der Waals surface area contributed by atoms with Crippen molar-refractivity contribution in [2.75, 3.05) is 61.2 Å². The van der Waals surface area contributed by atoms with Crippen LogP contribution in [-0.2, 0) is 14.8 Å². The van der Waals surface area contributed by atoms with Gasteiger partial charge in [0, 0.05) is 57.2 Å². The molecule has 2 saturated heterocycles. The van der Waals surface area contributed by atoms with Gasteiger partial charge in [-0.15, -0.1) is 0 Å². The number of anilines is 2. The van der Waals surface area contributed by atoms with Crippen molar-refractivity contribution < 1.29 is 13.2 Å². The van der Waals surface area contributed by atoms with Crippen molar-refractivity contribution in [2.45, 2.75) is 51.4 Å². The summed E-state index contributed by atoms with van der Waals surface area (Å²) in [6.45, 7) is 6.13. The first-order valence-corrected chi connectivity index (χ1v) is 14.0. The van der Waals surface area contributed by atoms with Gasteiger partial charge in [-0.3, -0.25) is 14.4 Å². The molecule has 0 atom stereocenters. The van der Waals surface area contributed by atoms with Crippen LogP contribution in [0.15, 0.2) is 24.3 Å². The van der Waals surface area contributed by atoms with Gasteiger partial charge in [-0.05, 0) is 62.3 Å². The minimum absolute atomic E-state index is 0.306. The van der Waals surface area contributed by atoms with E-state index >= 15 is 0 Å². The molecule has 2 heterocycles. The first kappa shape index (κ1) is 23.4. The van der Waals surface area contributed by atoms with Gasteiger partial charge < -0.3 is 9.80 Å². The summed E-state index contributed by atoms with van der Waals surface area (Å²) in [6, 6.07) is 7.49. The lowest BCUT2D eigenvalue weighted by Crippen LogP contribution is -2.51. The Morgan fingerprint density at radius 2 is 1.47 bits per heavy atom. The van der Waals surface area contributed by atoms with E-state index in [9.17, 15) is 13.2 Å². The maximum absolute atomic E-state index is 12.6. The summed E-state index contributed by atoms with van der Waals surface area (Å²) in [5.74, 6) is -0.0135. The fourth-order valence-corrected chi connectivity index (χ4v) is 6.35. The van der Waals surface area contributed by atoms with Gasteiger partial charge in [0.15, 0.2) is 0 Å². The molecule has 0 aromatic heterocycles. The Hall–Kier alpha value is -1.80. The van der Waals surface area contributed by atoms with Gasteiger partial charge in [-0.1, -0.05) is 19.3 Å². The van der Waals surface area contributed by atoms with E-state index in [1.165, 1.54) is 51.4 Å². The quantitative estimate of drug-likeness (QED) is 0.674. The fourth-order valence-electron chi connectivity index (χ4n) is 5.28. The number of nitrogens with zero attached hydrogens (tertiary/aromatic N) is 3. The highest BCUT2D eigenvalue weighted by atomic mass is 32.2. The summed E-state index contributed by atoms with van der Waals surface area (Å²) < 4.78 is 27.8. The number of benzene rings is 1. The van der Waals surface area contributed by atoms with Gasteiger partial charge in [-0.2, -0.15) is 0 Å². The predicted octanol–water partition coefficient (Wildman–Crippen LogP) is 3.14. The summed E-state index contributed by atoms with van der Waals surface area (Å²) in [4.78, 5) is 19.1. The van der Waals surface area contributed by atoms with Crippen molar-refractivity contribution in [3.8, 4) is 0 Å². The van der Waals surface area contributed by atoms with E-state index in [1.54, 1.807) is 17.0 Å². The number of amides is 1. The average Bonchev–Trinajstić information content (AvgIpc) is 2.81. The zero-order valence-electron chi connectivity index (χ0n) is 19.2. The first-order chi connectivity index (χ1) is 15.5. The molecule has 0 bridgehead atoms. The van der Waals surface area contributed by atoms with Gasteiger partial charge in [0.25, 0.3) is 0 Å². The highest BCUT2D eigenvalue weighted by Gasteiger charge is 2.27. The summed E-state index contributed by atoms with van der Waals surface area (Å²) in [5.41, 5.74) is 1.63. The van der Waals surface area contributed by atoms with Crippen LogP contribution < -0.4 is 9.62 Å². The van der Waals surface area contributed by atoms with Crippen molar-refractivity contribution in [3.63, 3.8) is 0 Å². The molecule has 4 rings (SSSR count). The zero-order valence-corrected chi connectivity index (χ0v) is 20.0. The zero-order chi connectivity index (χ0) is 22.4. The molecule has 1 aromatic rings. The monoisotopic (exact) mass is 462 g/mol. The largest absolute Gasteiger partial charge is 0.372 e. The molecule has 1 aromatic carbocycles. The van der Waals surface area contributed by atoms with Gasteiger partial charge in [-0.25, -0.2) is 8.42 Å². The molecule has 3 fully saturated rings. The third-order valence-corrected chi connectivity index (χ3v) is 8.32. The molecular formula is C24H38N4O3S. The topological polar surface area (TPSA) is 73.0 Å². The van der Waals surface area contributed by atoms with E-state index in [0.29, 0.717) is 18.8 Å². The van der Waals surface area contributed by atoms with E-state index < -0.39 is 15.8 Å². The molecule has 1 aliphatic carbocycles. The summed E-state index contributed by atoms with van der Waals surface area (Å²) in [6.07, 6.45) is 10.4. The molecule has 2 aliphatic heterocycles. The van der Waals surface area contributed by atoms with Crippen LogP contribution in [0.25, 0.3) is 0 Å². The van der Waals surface area contributed by atoms with E-state index in [2.05, 4.69) is 14.5 Å². The van der Waals surface area contributed by atoms with Gasteiger partial charge in [0.1, 0.15) is 5.75 Å². The standard InChI is InChI=1S/C24H38N4O3S/c29-24(28-17-15-26(16-18-28)19-21-7-3-1-4-8-21)20-32(30,31)25-22-9-11-23(12-10-22)27-13-5-2-6-14-27/h9-12,21,25H,1-8,13-20H2. The van der Waals surface area contributed by atoms with Crippen LogP contribution in [-0.4, -0.2) is 75.7 Å². The number of piperidine rings is 1. The Kier molecular flexibility index (Phi) is 7.94. The minimum atomic E-state index is -3.73. The number of carbonyl (C=O) groups excluding carboxylic acids is 1. The van der Waals surface area contributed by atoms with E-state index in [0.717, 1.165) is 44.3 Å². The number of hydrogen-bond donors (Lipinski definition) is 1. The highest BCUT2D eigenvalue weighted by Crippen LogP contribution is 2.25. The Bertz CT molecular complexity index is 839. The molecule has 1 N–H and O–H groups in total. The lowest BCUT2D eigenvalue weighted by atomic mass is 9.89. The number of rotatable bonds is 7. The van der Waals surface area contributed by atoms with Crippen molar-refractivity contribution in [3.05, 3.63) is 24.3 Å². The summed E-state index contributed by atoms with van der Waals surface area (Å²) in [7, 11) is -3.73. The lowest BCUT2D eigenvalue weighted by Gasteiger charge is -2.37. The molecule has 32 heavy (non-hydrogen) atoms. The molecule has 7 nitrogen and oxygen atoms in total. The lowest BCUT2D eigenvalue weighted by molar-refractivity contribution is -0.130. The second-order valence-electron chi connectivity index (χ2n) is 9.64. The Labute approximate surface area is 193 Å². The number of sulfonamides is 1. The van der Waals surface area contributed by atoms with E-state index in [4.69, 9.17) is 0 Å². The van der Waals surface area contributed by atoms with E-state index in [1.807, 2.05) is 12.1 Å². The third kappa shape index (κ3) is 6.61.